The lowest BCUT2D eigenvalue weighted by Crippen LogP contribution is -2.58. The van der Waals surface area contributed by atoms with Crippen molar-refractivity contribution in [1.29, 1.82) is 0 Å². The van der Waals surface area contributed by atoms with Gasteiger partial charge in [-0.1, -0.05) is 30.3 Å². The number of ketones is 1. The van der Waals surface area contributed by atoms with Crippen LogP contribution in [0.25, 0.3) is 0 Å². The number of ether oxygens (including phenoxy) is 1. The quantitative estimate of drug-likeness (QED) is 0.884. The maximum atomic E-state index is 13.2. The van der Waals surface area contributed by atoms with Crippen LogP contribution < -0.4 is 5.32 Å². The molecule has 3 atom stereocenters. The van der Waals surface area contributed by atoms with E-state index < -0.39 is 23.2 Å². The third-order valence-corrected chi connectivity index (χ3v) is 5.48. The summed E-state index contributed by atoms with van der Waals surface area (Å²) in [6, 6.07) is 9.66. The highest BCUT2D eigenvalue weighted by atomic mass is 16.6. The van der Waals surface area contributed by atoms with Gasteiger partial charge in [0, 0.05) is 19.4 Å². The Morgan fingerprint density at radius 2 is 1.93 bits per heavy atom. The van der Waals surface area contributed by atoms with E-state index in [2.05, 4.69) is 5.32 Å². The van der Waals surface area contributed by atoms with E-state index in [1.807, 2.05) is 37.3 Å². The smallest absolute Gasteiger partial charge is 0.408 e. The Labute approximate surface area is 160 Å². The second-order valence-electron chi connectivity index (χ2n) is 8.63. The molecule has 6 nitrogen and oxygen atoms in total. The molecule has 1 aliphatic heterocycles. The number of benzene rings is 1. The van der Waals surface area contributed by atoms with E-state index in [0.717, 1.165) is 5.56 Å². The third-order valence-electron chi connectivity index (χ3n) is 5.48. The minimum absolute atomic E-state index is 0.0733. The normalized spacial score (nSPS) is 26.5. The molecule has 1 aliphatic carbocycles. The fourth-order valence-electron chi connectivity index (χ4n) is 4.09. The van der Waals surface area contributed by atoms with Crippen molar-refractivity contribution < 1.29 is 19.1 Å². The molecule has 2 fully saturated rings. The van der Waals surface area contributed by atoms with Crippen LogP contribution in [0.5, 0.6) is 0 Å². The number of carbonyl (C=O) groups is 3. The molecule has 2 amide bonds. The predicted molar refractivity (Wildman–Crippen MR) is 101 cm³/mol. The van der Waals surface area contributed by atoms with Crippen molar-refractivity contribution in [3.63, 3.8) is 0 Å². The van der Waals surface area contributed by atoms with E-state index >= 15 is 0 Å². The van der Waals surface area contributed by atoms with Crippen LogP contribution in [0.1, 0.15) is 58.6 Å². The maximum absolute atomic E-state index is 13.2. The van der Waals surface area contributed by atoms with Gasteiger partial charge in [0.1, 0.15) is 11.4 Å². The Morgan fingerprint density at radius 3 is 2.56 bits per heavy atom. The van der Waals surface area contributed by atoms with Crippen molar-refractivity contribution in [2.24, 2.45) is 5.92 Å². The highest BCUT2D eigenvalue weighted by molar-refractivity contribution is 5.92. The maximum Gasteiger partial charge on any atom is 0.408 e. The first-order valence-corrected chi connectivity index (χ1v) is 9.50. The molecule has 2 aliphatic rings. The van der Waals surface area contributed by atoms with E-state index in [0.29, 0.717) is 19.4 Å². The number of fused-ring (bicyclic) bond motifs is 1. The van der Waals surface area contributed by atoms with Crippen LogP contribution in [-0.2, 0) is 14.3 Å². The van der Waals surface area contributed by atoms with Crippen molar-refractivity contribution in [2.45, 2.75) is 64.1 Å². The summed E-state index contributed by atoms with van der Waals surface area (Å²) >= 11 is 0. The number of nitrogens with zero attached hydrogens (tertiary/aromatic N) is 1. The van der Waals surface area contributed by atoms with E-state index in [4.69, 9.17) is 4.74 Å². The van der Waals surface area contributed by atoms with E-state index in [1.54, 1.807) is 25.7 Å². The average molecular weight is 372 g/mol. The SMILES string of the molecule is C[C@H](c1ccccc1)N1C[C@]2(NC(=O)OC(C)(C)C)CCC(=O)C[C@H]2C1=O. The molecule has 0 radical (unpaired) electrons. The Kier molecular flexibility index (Phi) is 5.02. The Bertz CT molecular complexity index is 740. The molecule has 1 aromatic rings. The second-order valence-corrected chi connectivity index (χ2v) is 8.63. The zero-order valence-electron chi connectivity index (χ0n) is 16.5. The first kappa shape index (κ1) is 19.4. The Morgan fingerprint density at radius 1 is 1.26 bits per heavy atom. The highest BCUT2D eigenvalue weighted by Crippen LogP contribution is 2.42. The standard InChI is InChI=1S/C21H28N2O4/c1-14(15-8-6-5-7-9-15)23-13-21(22-19(26)27-20(2,3)4)11-10-16(24)12-17(21)18(23)25/h5-9,14,17H,10-13H2,1-4H3,(H,22,26)/t14-,17+,21-/m1/s1. The van der Waals surface area contributed by atoms with Crippen LogP contribution in [0, 0.1) is 5.92 Å². The third kappa shape index (κ3) is 3.99. The molecule has 0 bridgehead atoms. The van der Waals surface area contributed by atoms with Gasteiger partial charge in [0.25, 0.3) is 0 Å². The molecular weight excluding hydrogens is 344 g/mol. The van der Waals surface area contributed by atoms with Gasteiger partial charge in [0.05, 0.1) is 17.5 Å². The highest BCUT2D eigenvalue weighted by Gasteiger charge is 2.56. The summed E-state index contributed by atoms with van der Waals surface area (Å²) in [6.45, 7) is 7.77. The molecule has 6 heteroatoms. The molecule has 146 valence electrons. The number of nitrogens with one attached hydrogen (secondary N) is 1. The van der Waals surface area contributed by atoms with Crippen molar-refractivity contribution in [3.8, 4) is 0 Å². The molecular formula is C21H28N2O4. The summed E-state index contributed by atoms with van der Waals surface area (Å²) in [5, 5.41) is 2.96. The van der Waals surface area contributed by atoms with Crippen molar-refractivity contribution in [2.75, 3.05) is 6.54 Å². The molecule has 27 heavy (non-hydrogen) atoms. The topological polar surface area (TPSA) is 75.7 Å². The minimum atomic E-state index is -0.754. The zero-order valence-corrected chi connectivity index (χ0v) is 16.5. The summed E-state index contributed by atoms with van der Waals surface area (Å²) in [4.78, 5) is 39.4. The van der Waals surface area contributed by atoms with Crippen LogP contribution in [0.15, 0.2) is 30.3 Å². The van der Waals surface area contributed by atoms with Gasteiger partial charge in [-0.2, -0.15) is 0 Å². The molecule has 1 N–H and O–H groups in total. The van der Waals surface area contributed by atoms with Crippen LogP contribution in [0.3, 0.4) is 0 Å². The summed E-state index contributed by atoms with van der Waals surface area (Å²) in [5.41, 5.74) is -0.347. The first-order chi connectivity index (χ1) is 12.6. The van der Waals surface area contributed by atoms with Crippen molar-refractivity contribution in [3.05, 3.63) is 35.9 Å². The van der Waals surface area contributed by atoms with Gasteiger partial charge in [-0.05, 0) is 39.7 Å². The van der Waals surface area contributed by atoms with Crippen molar-refractivity contribution in [1.82, 2.24) is 10.2 Å². The monoisotopic (exact) mass is 372 g/mol. The number of hydrogen-bond acceptors (Lipinski definition) is 4. The van der Waals surface area contributed by atoms with Gasteiger partial charge in [-0.25, -0.2) is 4.79 Å². The van der Waals surface area contributed by atoms with Crippen LogP contribution in [0.4, 0.5) is 4.79 Å². The zero-order chi connectivity index (χ0) is 19.8. The molecule has 3 rings (SSSR count). The lowest BCUT2D eigenvalue weighted by molar-refractivity contribution is -0.136. The molecule has 1 aromatic carbocycles. The van der Waals surface area contributed by atoms with Gasteiger partial charge in [-0.15, -0.1) is 0 Å². The number of hydrogen-bond donors (Lipinski definition) is 1. The number of rotatable bonds is 3. The van der Waals surface area contributed by atoms with Gasteiger partial charge in [0.2, 0.25) is 5.91 Å². The molecule has 0 aromatic heterocycles. The summed E-state index contributed by atoms with van der Waals surface area (Å²) in [7, 11) is 0. The number of amides is 2. The number of likely N-dealkylation sites (tertiary alicyclic amines) is 1. The Balaban J connectivity index is 1.86. The molecule has 1 heterocycles. The van der Waals surface area contributed by atoms with Crippen LogP contribution in [0.2, 0.25) is 0 Å². The largest absolute Gasteiger partial charge is 0.444 e. The average Bonchev–Trinajstić information content (AvgIpc) is 2.86. The van der Waals surface area contributed by atoms with Gasteiger partial charge in [-0.3, -0.25) is 9.59 Å². The van der Waals surface area contributed by atoms with E-state index in [9.17, 15) is 14.4 Å². The fourth-order valence-corrected chi connectivity index (χ4v) is 4.09. The van der Waals surface area contributed by atoms with Gasteiger partial charge >= 0.3 is 6.09 Å². The number of alkyl carbamates (subject to hydrolysis) is 1. The fraction of sp³-hybridized carbons (Fsp3) is 0.571. The van der Waals surface area contributed by atoms with Crippen molar-refractivity contribution >= 4 is 17.8 Å². The molecule has 0 unspecified atom stereocenters. The Hall–Kier alpha value is -2.37. The van der Waals surface area contributed by atoms with E-state index in [-0.39, 0.29) is 24.2 Å². The lowest BCUT2D eigenvalue weighted by Gasteiger charge is -2.38. The van der Waals surface area contributed by atoms with Crippen LogP contribution in [-0.4, -0.2) is 40.4 Å². The molecule has 1 saturated heterocycles. The first-order valence-electron chi connectivity index (χ1n) is 9.50. The van der Waals surface area contributed by atoms with Crippen LogP contribution >= 0.6 is 0 Å². The summed E-state index contributed by atoms with van der Waals surface area (Å²) in [5.74, 6) is -0.530. The molecule has 1 saturated carbocycles. The number of Topliss-reactive ketones (excluding diaryl/α,β-unsaturated/α-hetero) is 1. The summed E-state index contributed by atoms with van der Waals surface area (Å²) in [6.07, 6.45) is 0.461. The second kappa shape index (κ2) is 6.98. The minimum Gasteiger partial charge on any atom is -0.444 e. The predicted octanol–water partition coefficient (Wildman–Crippen LogP) is 3.22. The lowest BCUT2D eigenvalue weighted by atomic mass is 9.74. The van der Waals surface area contributed by atoms with Gasteiger partial charge in [0.15, 0.2) is 0 Å². The molecule has 0 spiro atoms. The van der Waals surface area contributed by atoms with E-state index in [1.165, 1.54) is 0 Å². The number of carbonyl (C=O) groups excluding carboxylic acids is 3. The van der Waals surface area contributed by atoms with Gasteiger partial charge < -0.3 is 15.0 Å². The summed E-state index contributed by atoms with van der Waals surface area (Å²) < 4.78 is 5.42.